The minimum atomic E-state index is -0.502. The molecule has 0 saturated heterocycles. The Morgan fingerprint density at radius 1 is 1.16 bits per heavy atom. The van der Waals surface area contributed by atoms with E-state index in [9.17, 15) is 13.6 Å². The number of aromatic nitrogens is 2. The highest BCUT2D eigenvalue weighted by Crippen LogP contribution is 2.25. The van der Waals surface area contributed by atoms with Gasteiger partial charge in [-0.1, -0.05) is 30.0 Å². The summed E-state index contributed by atoms with van der Waals surface area (Å²) < 4.78 is 32.7. The average molecular weight is 361 g/mol. The van der Waals surface area contributed by atoms with Crippen LogP contribution in [0.4, 0.5) is 14.5 Å². The second-order valence-electron chi connectivity index (χ2n) is 5.17. The molecule has 0 spiro atoms. The Labute approximate surface area is 146 Å². The zero-order valence-electron chi connectivity index (χ0n) is 13.1. The molecule has 1 aromatic heterocycles. The third kappa shape index (κ3) is 4.21. The summed E-state index contributed by atoms with van der Waals surface area (Å²) in [5.74, 6) is -1.41. The largest absolute Gasteiger partial charge is 0.411 e. The highest BCUT2D eigenvalue weighted by molar-refractivity contribution is 7.99. The van der Waals surface area contributed by atoms with Crippen molar-refractivity contribution in [1.82, 2.24) is 10.2 Å². The third-order valence-electron chi connectivity index (χ3n) is 3.24. The summed E-state index contributed by atoms with van der Waals surface area (Å²) in [5, 5.41) is 10.1. The number of carbonyl (C=O) groups is 1. The van der Waals surface area contributed by atoms with Crippen LogP contribution >= 0.6 is 11.8 Å². The maximum Gasteiger partial charge on any atom is 0.277 e. The molecule has 1 N–H and O–H groups in total. The number of nitrogens with zero attached hydrogens (tertiary/aromatic N) is 2. The number of nitrogens with one attached hydrogen (secondary N) is 1. The first-order chi connectivity index (χ1) is 12.0. The van der Waals surface area contributed by atoms with Crippen molar-refractivity contribution in [1.29, 1.82) is 0 Å². The fourth-order valence-corrected chi connectivity index (χ4v) is 2.61. The van der Waals surface area contributed by atoms with Crippen molar-refractivity contribution in [2.45, 2.75) is 12.1 Å². The highest BCUT2D eigenvalue weighted by Gasteiger charge is 2.14. The van der Waals surface area contributed by atoms with Crippen LogP contribution in [-0.4, -0.2) is 21.9 Å². The van der Waals surface area contributed by atoms with Crippen molar-refractivity contribution in [3.63, 3.8) is 0 Å². The van der Waals surface area contributed by atoms with Crippen LogP contribution in [0, 0.1) is 18.6 Å². The maximum absolute atomic E-state index is 13.7. The number of thioether (sulfide) groups is 1. The maximum atomic E-state index is 13.7. The first-order valence-corrected chi connectivity index (χ1v) is 8.28. The van der Waals surface area contributed by atoms with Gasteiger partial charge in [0, 0.05) is 0 Å². The van der Waals surface area contributed by atoms with Crippen LogP contribution in [0.15, 0.2) is 52.1 Å². The van der Waals surface area contributed by atoms with E-state index >= 15 is 0 Å². The van der Waals surface area contributed by atoms with Gasteiger partial charge in [0.15, 0.2) is 0 Å². The van der Waals surface area contributed by atoms with E-state index < -0.39 is 17.5 Å². The Bertz CT molecular complexity index is 914. The predicted molar refractivity (Wildman–Crippen MR) is 90.2 cm³/mol. The van der Waals surface area contributed by atoms with Crippen molar-refractivity contribution in [2.24, 2.45) is 0 Å². The molecule has 3 aromatic rings. The van der Waals surface area contributed by atoms with Crippen LogP contribution in [0.5, 0.6) is 0 Å². The van der Waals surface area contributed by atoms with Gasteiger partial charge in [0.05, 0.1) is 17.0 Å². The molecule has 0 bridgehead atoms. The van der Waals surface area contributed by atoms with Crippen molar-refractivity contribution in [3.05, 3.63) is 59.7 Å². The van der Waals surface area contributed by atoms with Crippen LogP contribution in [0.3, 0.4) is 0 Å². The molecule has 128 valence electrons. The van der Waals surface area contributed by atoms with Gasteiger partial charge in [-0.2, -0.15) is 0 Å². The summed E-state index contributed by atoms with van der Waals surface area (Å²) in [6.07, 6.45) is 0. The number of aryl methyl sites for hydroxylation is 1. The van der Waals surface area contributed by atoms with E-state index in [-0.39, 0.29) is 28.1 Å². The first kappa shape index (κ1) is 17.1. The molecule has 1 heterocycles. The molecule has 0 radical (unpaired) electrons. The number of carbonyl (C=O) groups excluding carboxylic acids is 1. The first-order valence-electron chi connectivity index (χ1n) is 7.30. The number of halogens is 2. The van der Waals surface area contributed by atoms with Gasteiger partial charge in [0.1, 0.15) is 11.6 Å². The van der Waals surface area contributed by atoms with Gasteiger partial charge < -0.3 is 9.73 Å². The summed E-state index contributed by atoms with van der Waals surface area (Å²) in [6.45, 7) is 1.76. The van der Waals surface area contributed by atoms with E-state index in [1.54, 1.807) is 25.1 Å². The van der Waals surface area contributed by atoms with Gasteiger partial charge in [-0.3, -0.25) is 4.79 Å². The number of hydrogen-bond acceptors (Lipinski definition) is 5. The van der Waals surface area contributed by atoms with E-state index in [0.717, 1.165) is 17.3 Å². The minimum absolute atomic E-state index is 0.0330. The molecule has 2 aromatic carbocycles. The van der Waals surface area contributed by atoms with Crippen molar-refractivity contribution in [2.75, 3.05) is 11.1 Å². The lowest BCUT2D eigenvalue weighted by Crippen LogP contribution is -2.15. The Morgan fingerprint density at radius 3 is 2.72 bits per heavy atom. The summed E-state index contributed by atoms with van der Waals surface area (Å²) in [7, 11) is 0. The molecule has 0 aliphatic carbocycles. The third-order valence-corrected chi connectivity index (χ3v) is 4.05. The van der Waals surface area contributed by atoms with Crippen molar-refractivity contribution < 1.29 is 18.0 Å². The topological polar surface area (TPSA) is 68.0 Å². The SMILES string of the molecule is Cc1ccc(NC(=O)CSc2nnc(-c3ccccc3F)o2)c(F)c1. The summed E-state index contributed by atoms with van der Waals surface area (Å²) >= 11 is 0.981. The molecule has 0 aliphatic heterocycles. The van der Waals surface area contributed by atoms with Crippen molar-refractivity contribution in [3.8, 4) is 11.5 Å². The summed E-state index contributed by atoms with van der Waals surface area (Å²) in [6, 6.07) is 10.5. The van der Waals surface area contributed by atoms with Gasteiger partial charge in [-0.05, 0) is 36.8 Å². The van der Waals surface area contributed by atoms with Crippen LogP contribution in [0.25, 0.3) is 11.5 Å². The standard InChI is InChI=1S/C17H13F2N3O2S/c1-10-6-7-14(13(19)8-10)20-15(23)9-25-17-22-21-16(24-17)11-4-2-3-5-12(11)18/h2-8H,9H2,1H3,(H,20,23). The smallest absolute Gasteiger partial charge is 0.277 e. The number of rotatable bonds is 5. The molecule has 0 aliphatic rings. The Morgan fingerprint density at radius 2 is 1.96 bits per heavy atom. The monoisotopic (exact) mass is 361 g/mol. The van der Waals surface area contributed by atoms with E-state index in [0.29, 0.717) is 0 Å². The molecule has 5 nitrogen and oxygen atoms in total. The molecular formula is C17H13F2N3O2S. The molecular weight excluding hydrogens is 348 g/mol. The van der Waals surface area contributed by atoms with Crippen LogP contribution in [-0.2, 0) is 4.79 Å². The van der Waals surface area contributed by atoms with E-state index in [2.05, 4.69) is 15.5 Å². The van der Waals surface area contributed by atoms with E-state index in [1.165, 1.54) is 24.3 Å². The second kappa shape index (κ2) is 7.43. The van der Waals surface area contributed by atoms with Gasteiger partial charge in [-0.25, -0.2) is 8.78 Å². The van der Waals surface area contributed by atoms with Crippen LogP contribution < -0.4 is 5.32 Å². The molecule has 0 fully saturated rings. The van der Waals surface area contributed by atoms with Gasteiger partial charge in [-0.15, -0.1) is 10.2 Å². The minimum Gasteiger partial charge on any atom is -0.411 e. The Balaban J connectivity index is 1.60. The second-order valence-corrected chi connectivity index (χ2v) is 6.10. The zero-order valence-corrected chi connectivity index (χ0v) is 13.9. The molecule has 25 heavy (non-hydrogen) atoms. The van der Waals surface area contributed by atoms with Crippen molar-refractivity contribution >= 4 is 23.4 Å². The molecule has 3 rings (SSSR count). The van der Waals surface area contributed by atoms with E-state index in [1.807, 2.05) is 0 Å². The average Bonchev–Trinajstić information content (AvgIpc) is 3.05. The van der Waals surface area contributed by atoms with Gasteiger partial charge in [0.2, 0.25) is 5.91 Å². The molecule has 1 amide bonds. The lowest BCUT2D eigenvalue weighted by atomic mass is 10.2. The number of hydrogen-bond donors (Lipinski definition) is 1. The fraction of sp³-hybridized carbons (Fsp3) is 0.118. The normalized spacial score (nSPS) is 10.7. The molecule has 0 atom stereocenters. The van der Waals surface area contributed by atoms with E-state index in [4.69, 9.17) is 4.42 Å². The lowest BCUT2D eigenvalue weighted by Gasteiger charge is -2.05. The fourth-order valence-electron chi connectivity index (χ4n) is 2.05. The lowest BCUT2D eigenvalue weighted by molar-refractivity contribution is -0.113. The molecule has 0 unspecified atom stereocenters. The Kier molecular flexibility index (Phi) is 5.08. The highest BCUT2D eigenvalue weighted by atomic mass is 32.2. The molecule has 0 saturated carbocycles. The van der Waals surface area contributed by atoms with Gasteiger partial charge >= 0.3 is 0 Å². The zero-order chi connectivity index (χ0) is 17.8. The number of amides is 1. The number of anilines is 1. The van der Waals surface area contributed by atoms with Crippen LogP contribution in [0.1, 0.15) is 5.56 Å². The summed E-state index contributed by atoms with van der Waals surface area (Å²) in [5.41, 5.74) is 1.05. The predicted octanol–water partition coefficient (Wildman–Crippen LogP) is 4.05. The molecule has 8 heteroatoms. The van der Waals surface area contributed by atoms with Crippen LogP contribution in [0.2, 0.25) is 0 Å². The summed E-state index contributed by atoms with van der Waals surface area (Å²) in [4.78, 5) is 11.9. The number of benzene rings is 2. The quantitative estimate of drug-likeness (QED) is 0.694. The van der Waals surface area contributed by atoms with Gasteiger partial charge in [0.25, 0.3) is 11.1 Å². The Hall–Kier alpha value is -2.74.